The van der Waals surface area contributed by atoms with Crippen molar-refractivity contribution in [2.75, 3.05) is 11.9 Å². The predicted octanol–water partition coefficient (Wildman–Crippen LogP) is 1.30. The van der Waals surface area contributed by atoms with E-state index in [0.717, 1.165) is 12.8 Å². The fraction of sp³-hybridized carbons (Fsp3) is 0.625. The summed E-state index contributed by atoms with van der Waals surface area (Å²) in [6, 6.07) is -0.196. The SMILES string of the molecule is CCCCNC(=O)Nc1nc(C)no1. The summed E-state index contributed by atoms with van der Waals surface area (Å²) in [5.41, 5.74) is 0. The first kappa shape index (κ1) is 10.5. The summed E-state index contributed by atoms with van der Waals surface area (Å²) < 4.78 is 4.71. The Balaban J connectivity index is 2.27. The van der Waals surface area contributed by atoms with Crippen molar-refractivity contribution in [2.24, 2.45) is 0 Å². The molecule has 1 heterocycles. The first-order chi connectivity index (χ1) is 6.72. The number of hydrogen-bond donors (Lipinski definition) is 2. The van der Waals surface area contributed by atoms with Gasteiger partial charge in [-0.1, -0.05) is 18.5 Å². The Morgan fingerprint density at radius 3 is 2.93 bits per heavy atom. The molecule has 0 unspecified atom stereocenters. The highest BCUT2D eigenvalue weighted by atomic mass is 16.5. The Bertz CT molecular complexity index is 297. The van der Waals surface area contributed by atoms with Gasteiger partial charge in [-0.05, 0) is 13.3 Å². The van der Waals surface area contributed by atoms with Gasteiger partial charge >= 0.3 is 12.0 Å². The zero-order valence-corrected chi connectivity index (χ0v) is 8.33. The molecule has 14 heavy (non-hydrogen) atoms. The predicted molar refractivity (Wildman–Crippen MR) is 51.0 cm³/mol. The van der Waals surface area contributed by atoms with E-state index in [2.05, 4.69) is 27.7 Å². The van der Waals surface area contributed by atoms with E-state index in [1.54, 1.807) is 6.92 Å². The first-order valence-corrected chi connectivity index (χ1v) is 4.57. The molecule has 0 radical (unpaired) electrons. The molecule has 2 amide bonds. The van der Waals surface area contributed by atoms with Crippen LogP contribution in [0, 0.1) is 6.92 Å². The second-order valence-electron chi connectivity index (χ2n) is 2.88. The molecule has 0 saturated carbocycles. The molecule has 0 fully saturated rings. The number of hydrogen-bond acceptors (Lipinski definition) is 4. The summed E-state index contributed by atoms with van der Waals surface area (Å²) >= 11 is 0. The molecule has 1 aromatic heterocycles. The number of urea groups is 1. The average molecular weight is 198 g/mol. The van der Waals surface area contributed by atoms with Gasteiger partial charge < -0.3 is 9.84 Å². The monoisotopic (exact) mass is 198 g/mol. The van der Waals surface area contributed by atoms with Crippen LogP contribution in [0.15, 0.2) is 4.52 Å². The van der Waals surface area contributed by atoms with E-state index < -0.39 is 0 Å². The number of amides is 2. The van der Waals surface area contributed by atoms with Gasteiger partial charge in [0.25, 0.3) is 0 Å². The number of unbranched alkanes of at least 4 members (excludes halogenated alkanes) is 1. The zero-order chi connectivity index (χ0) is 10.4. The van der Waals surface area contributed by atoms with E-state index in [1.165, 1.54) is 0 Å². The van der Waals surface area contributed by atoms with Crippen molar-refractivity contribution < 1.29 is 9.32 Å². The number of rotatable bonds is 4. The van der Waals surface area contributed by atoms with Crippen molar-refractivity contribution in [2.45, 2.75) is 26.7 Å². The molecule has 0 aromatic carbocycles. The summed E-state index contributed by atoms with van der Waals surface area (Å²) in [7, 11) is 0. The molecule has 0 saturated heterocycles. The topological polar surface area (TPSA) is 80.0 Å². The smallest absolute Gasteiger partial charge is 0.329 e. The van der Waals surface area contributed by atoms with E-state index in [4.69, 9.17) is 4.52 Å². The second-order valence-corrected chi connectivity index (χ2v) is 2.88. The van der Waals surface area contributed by atoms with Crippen molar-refractivity contribution in [3.8, 4) is 0 Å². The highest BCUT2D eigenvalue weighted by molar-refractivity contribution is 5.86. The number of nitrogens with zero attached hydrogens (tertiary/aromatic N) is 2. The lowest BCUT2D eigenvalue weighted by Gasteiger charge is -2.02. The van der Waals surface area contributed by atoms with Gasteiger partial charge in [0, 0.05) is 6.54 Å². The number of carbonyl (C=O) groups excluding carboxylic acids is 1. The minimum absolute atomic E-state index is 0.122. The van der Waals surface area contributed by atoms with Gasteiger partial charge in [0.15, 0.2) is 5.82 Å². The molecule has 0 aliphatic heterocycles. The van der Waals surface area contributed by atoms with Gasteiger partial charge in [0.2, 0.25) is 0 Å². The lowest BCUT2D eigenvalue weighted by molar-refractivity contribution is 0.251. The van der Waals surface area contributed by atoms with Crippen molar-refractivity contribution in [1.29, 1.82) is 0 Å². The van der Waals surface area contributed by atoms with Crippen LogP contribution < -0.4 is 10.6 Å². The van der Waals surface area contributed by atoms with Gasteiger partial charge in [0.05, 0.1) is 0 Å². The molecule has 0 atom stereocenters. The molecule has 1 aromatic rings. The molecule has 0 aliphatic carbocycles. The van der Waals surface area contributed by atoms with Crippen LogP contribution in [0.5, 0.6) is 0 Å². The van der Waals surface area contributed by atoms with Crippen molar-refractivity contribution in [1.82, 2.24) is 15.5 Å². The zero-order valence-electron chi connectivity index (χ0n) is 8.33. The highest BCUT2D eigenvalue weighted by Crippen LogP contribution is 2.00. The lowest BCUT2D eigenvalue weighted by Crippen LogP contribution is -2.29. The van der Waals surface area contributed by atoms with Gasteiger partial charge in [0.1, 0.15) is 0 Å². The fourth-order valence-electron chi connectivity index (χ4n) is 0.868. The number of aromatic nitrogens is 2. The molecular formula is C8H14N4O2. The molecule has 6 heteroatoms. The van der Waals surface area contributed by atoms with E-state index in [1.807, 2.05) is 0 Å². The van der Waals surface area contributed by atoms with Gasteiger partial charge in [-0.25, -0.2) is 4.79 Å². The third-order valence-corrected chi connectivity index (χ3v) is 1.56. The molecule has 0 aliphatic rings. The molecule has 2 N–H and O–H groups in total. The molecule has 78 valence electrons. The van der Waals surface area contributed by atoms with Gasteiger partial charge in [-0.3, -0.25) is 5.32 Å². The Morgan fingerprint density at radius 2 is 2.36 bits per heavy atom. The van der Waals surface area contributed by atoms with Crippen LogP contribution in [0.3, 0.4) is 0 Å². The number of anilines is 1. The average Bonchev–Trinajstić information content (AvgIpc) is 2.52. The standard InChI is InChI=1S/C8H14N4O2/c1-3-4-5-9-7(13)11-8-10-6(2)12-14-8/h3-5H2,1-2H3,(H2,9,10,11,12,13). The summed E-state index contributed by atoms with van der Waals surface area (Å²) in [6.45, 7) is 4.39. The third kappa shape index (κ3) is 3.42. The van der Waals surface area contributed by atoms with Crippen molar-refractivity contribution in [3.05, 3.63) is 5.82 Å². The van der Waals surface area contributed by atoms with Crippen LogP contribution in [-0.2, 0) is 0 Å². The fourth-order valence-corrected chi connectivity index (χ4v) is 0.868. The minimum Gasteiger partial charge on any atom is -0.338 e. The molecular weight excluding hydrogens is 184 g/mol. The summed E-state index contributed by atoms with van der Waals surface area (Å²) in [5.74, 6) is 0.494. The van der Waals surface area contributed by atoms with Crippen molar-refractivity contribution in [3.63, 3.8) is 0 Å². The van der Waals surface area contributed by atoms with E-state index >= 15 is 0 Å². The largest absolute Gasteiger partial charge is 0.338 e. The second kappa shape index (κ2) is 5.21. The maximum atomic E-state index is 11.1. The van der Waals surface area contributed by atoms with Crippen LogP contribution in [0.2, 0.25) is 0 Å². The Labute approximate surface area is 82.1 Å². The summed E-state index contributed by atoms with van der Waals surface area (Å²) in [6.07, 6.45) is 2.00. The number of nitrogens with one attached hydrogen (secondary N) is 2. The molecule has 6 nitrogen and oxygen atoms in total. The normalized spacial score (nSPS) is 9.86. The first-order valence-electron chi connectivity index (χ1n) is 4.57. The summed E-state index contributed by atoms with van der Waals surface area (Å²) in [5, 5.41) is 8.63. The molecule has 0 bridgehead atoms. The maximum Gasteiger partial charge on any atom is 0.329 e. The number of aryl methyl sites for hydroxylation is 1. The Morgan fingerprint density at radius 1 is 1.57 bits per heavy atom. The lowest BCUT2D eigenvalue weighted by atomic mass is 10.3. The van der Waals surface area contributed by atoms with Crippen LogP contribution in [0.25, 0.3) is 0 Å². The van der Waals surface area contributed by atoms with E-state index in [9.17, 15) is 4.79 Å². The van der Waals surface area contributed by atoms with Crippen LogP contribution in [0.4, 0.5) is 10.8 Å². The Kier molecular flexibility index (Phi) is 3.90. The van der Waals surface area contributed by atoms with Crippen molar-refractivity contribution >= 4 is 12.0 Å². The Hall–Kier alpha value is -1.59. The maximum absolute atomic E-state index is 11.1. The van der Waals surface area contributed by atoms with Crippen LogP contribution in [-0.4, -0.2) is 22.7 Å². The van der Waals surface area contributed by atoms with E-state index in [-0.39, 0.29) is 12.0 Å². The van der Waals surface area contributed by atoms with Crippen LogP contribution >= 0.6 is 0 Å². The highest BCUT2D eigenvalue weighted by Gasteiger charge is 2.05. The molecule has 0 spiro atoms. The van der Waals surface area contributed by atoms with Gasteiger partial charge in [-0.15, -0.1) is 0 Å². The van der Waals surface area contributed by atoms with E-state index in [0.29, 0.717) is 12.4 Å². The number of carbonyl (C=O) groups is 1. The molecule has 1 rings (SSSR count). The quantitative estimate of drug-likeness (QED) is 0.714. The van der Waals surface area contributed by atoms with Gasteiger partial charge in [-0.2, -0.15) is 4.98 Å². The summed E-state index contributed by atoms with van der Waals surface area (Å²) in [4.78, 5) is 15.0. The minimum atomic E-state index is -0.317. The van der Waals surface area contributed by atoms with Crippen LogP contribution in [0.1, 0.15) is 25.6 Å². The third-order valence-electron chi connectivity index (χ3n) is 1.56.